The van der Waals surface area contributed by atoms with Gasteiger partial charge in [0, 0.05) is 12.6 Å². The lowest BCUT2D eigenvalue weighted by Gasteiger charge is -2.26. The molecule has 1 aromatic rings. The first-order valence-corrected chi connectivity index (χ1v) is 8.57. The second-order valence-electron chi connectivity index (χ2n) is 6.07. The number of rotatable bonds is 9. The van der Waals surface area contributed by atoms with Crippen LogP contribution in [0.5, 0.6) is 11.5 Å². The number of aliphatic hydroxyl groups excluding tert-OH is 1. The summed E-state index contributed by atoms with van der Waals surface area (Å²) >= 11 is 0. The van der Waals surface area contributed by atoms with Crippen LogP contribution >= 0.6 is 0 Å². The Bertz CT molecular complexity index is 590. The Morgan fingerprint density at radius 1 is 1.27 bits per heavy atom. The number of hydrogen-bond donors (Lipinski definition) is 1. The van der Waals surface area contributed by atoms with Gasteiger partial charge in [0.15, 0.2) is 6.10 Å². The third kappa shape index (κ3) is 6.40. The topological polar surface area (TPSA) is 59.0 Å². The highest BCUT2D eigenvalue weighted by atomic mass is 19.4. The standard InChI is InChI=1S/C18H26F3NO4/c1-5-9-25-13-7-8-14(15(10-13)26-12(3)4)17(24)22(6-2)11-16(23)18(19,20)21/h7-8,10,12,16,23H,5-6,9,11H2,1-4H3. The largest absolute Gasteiger partial charge is 0.493 e. The minimum atomic E-state index is -4.79. The number of ether oxygens (including phenoxy) is 2. The summed E-state index contributed by atoms with van der Waals surface area (Å²) in [5.74, 6) is 0.101. The first kappa shape index (κ1) is 22.1. The lowest BCUT2D eigenvalue weighted by molar-refractivity contribution is -0.206. The Labute approximate surface area is 151 Å². The van der Waals surface area contributed by atoms with Gasteiger partial charge >= 0.3 is 6.18 Å². The van der Waals surface area contributed by atoms with Crippen molar-refractivity contribution in [3.63, 3.8) is 0 Å². The number of halogens is 3. The van der Waals surface area contributed by atoms with Crippen molar-refractivity contribution in [2.75, 3.05) is 19.7 Å². The summed E-state index contributed by atoms with van der Waals surface area (Å²) in [4.78, 5) is 13.6. The number of hydrogen-bond acceptors (Lipinski definition) is 4. The molecule has 0 fully saturated rings. The molecule has 5 nitrogen and oxygen atoms in total. The molecule has 1 rings (SSSR count). The number of amides is 1. The highest BCUT2D eigenvalue weighted by Crippen LogP contribution is 2.28. The SMILES string of the molecule is CCCOc1ccc(C(=O)N(CC)CC(O)C(F)(F)F)c(OC(C)C)c1. The minimum absolute atomic E-state index is 0.0151. The Kier molecular flexibility index (Phi) is 8.20. The molecule has 0 radical (unpaired) electrons. The van der Waals surface area contributed by atoms with Crippen molar-refractivity contribution in [2.45, 2.75) is 52.5 Å². The number of carbonyl (C=O) groups excluding carboxylic acids is 1. The van der Waals surface area contributed by atoms with E-state index in [0.717, 1.165) is 11.3 Å². The molecule has 148 valence electrons. The number of likely N-dealkylation sites (N-methyl/N-ethyl adjacent to an activating group) is 1. The number of carbonyl (C=O) groups is 1. The van der Waals surface area contributed by atoms with Crippen LogP contribution in [0.3, 0.4) is 0 Å². The Hall–Kier alpha value is -1.96. The van der Waals surface area contributed by atoms with Crippen molar-refractivity contribution < 1.29 is 32.5 Å². The molecule has 1 atom stereocenters. The molecule has 26 heavy (non-hydrogen) atoms. The van der Waals surface area contributed by atoms with Gasteiger partial charge in [-0.2, -0.15) is 13.2 Å². The minimum Gasteiger partial charge on any atom is -0.493 e. The molecule has 0 aromatic heterocycles. The molecule has 0 aliphatic heterocycles. The maximum Gasteiger partial charge on any atom is 0.416 e. The van der Waals surface area contributed by atoms with Crippen molar-refractivity contribution in [1.29, 1.82) is 0 Å². The zero-order valence-corrected chi connectivity index (χ0v) is 15.5. The highest BCUT2D eigenvalue weighted by Gasteiger charge is 2.40. The molecule has 1 amide bonds. The van der Waals surface area contributed by atoms with Gasteiger partial charge in [-0.1, -0.05) is 6.92 Å². The summed E-state index contributed by atoms with van der Waals surface area (Å²) in [7, 11) is 0. The summed E-state index contributed by atoms with van der Waals surface area (Å²) in [6.45, 7) is 6.72. The molecule has 1 aromatic carbocycles. The van der Waals surface area contributed by atoms with Gasteiger partial charge in [0.25, 0.3) is 5.91 Å². The molecule has 1 unspecified atom stereocenters. The van der Waals surface area contributed by atoms with Gasteiger partial charge in [0.2, 0.25) is 0 Å². The molecule has 1 N–H and O–H groups in total. The average Bonchev–Trinajstić information content (AvgIpc) is 2.55. The van der Waals surface area contributed by atoms with Crippen LogP contribution in [0.15, 0.2) is 18.2 Å². The quantitative estimate of drug-likeness (QED) is 0.714. The molecule has 0 spiro atoms. The number of benzene rings is 1. The van der Waals surface area contributed by atoms with E-state index in [1.807, 2.05) is 6.92 Å². The highest BCUT2D eigenvalue weighted by molar-refractivity contribution is 5.97. The van der Waals surface area contributed by atoms with E-state index >= 15 is 0 Å². The third-order valence-corrected chi connectivity index (χ3v) is 3.46. The molecule has 8 heteroatoms. The maximum atomic E-state index is 12.7. The lowest BCUT2D eigenvalue weighted by atomic mass is 10.1. The predicted octanol–water partition coefficient (Wildman–Crippen LogP) is 3.65. The van der Waals surface area contributed by atoms with Crippen LogP contribution in [0.1, 0.15) is 44.5 Å². The van der Waals surface area contributed by atoms with Crippen LogP contribution < -0.4 is 9.47 Å². The lowest BCUT2D eigenvalue weighted by Crippen LogP contribution is -2.43. The van der Waals surface area contributed by atoms with Crippen LogP contribution in [-0.2, 0) is 0 Å². The molecule has 0 aliphatic rings. The molecule has 0 aliphatic carbocycles. The number of alkyl halides is 3. The Morgan fingerprint density at radius 3 is 2.42 bits per heavy atom. The van der Waals surface area contributed by atoms with Crippen molar-refractivity contribution in [2.24, 2.45) is 0 Å². The second-order valence-corrected chi connectivity index (χ2v) is 6.07. The fraction of sp³-hybridized carbons (Fsp3) is 0.611. The summed E-state index contributed by atoms with van der Waals surface area (Å²) in [6.07, 6.45) is -6.82. The average molecular weight is 377 g/mol. The van der Waals surface area contributed by atoms with E-state index < -0.39 is 24.7 Å². The van der Waals surface area contributed by atoms with E-state index in [1.54, 1.807) is 32.9 Å². The van der Waals surface area contributed by atoms with E-state index in [-0.39, 0.29) is 24.0 Å². The fourth-order valence-corrected chi connectivity index (χ4v) is 2.18. The van der Waals surface area contributed by atoms with Crippen LogP contribution in [-0.4, -0.2) is 54.0 Å². The van der Waals surface area contributed by atoms with Crippen molar-refractivity contribution >= 4 is 5.91 Å². The van der Waals surface area contributed by atoms with Gasteiger partial charge in [0.05, 0.1) is 24.8 Å². The van der Waals surface area contributed by atoms with Crippen LogP contribution in [0, 0.1) is 0 Å². The van der Waals surface area contributed by atoms with Gasteiger partial charge in [-0.15, -0.1) is 0 Å². The maximum absolute atomic E-state index is 12.7. The molecular weight excluding hydrogens is 351 g/mol. The van der Waals surface area contributed by atoms with Crippen LogP contribution in [0.4, 0.5) is 13.2 Å². The zero-order chi connectivity index (χ0) is 19.9. The Morgan fingerprint density at radius 2 is 1.92 bits per heavy atom. The van der Waals surface area contributed by atoms with Gasteiger partial charge in [0.1, 0.15) is 11.5 Å². The monoisotopic (exact) mass is 377 g/mol. The molecule has 0 saturated heterocycles. The summed E-state index contributed by atoms with van der Waals surface area (Å²) in [6, 6.07) is 4.59. The van der Waals surface area contributed by atoms with E-state index in [1.165, 1.54) is 6.07 Å². The van der Waals surface area contributed by atoms with E-state index in [9.17, 15) is 23.1 Å². The summed E-state index contributed by atoms with van der Waals surface area (Å²) < 4.78 is 49.0. The first-order chi connectivity index (χ1) is 12.1. The van der Waals surface area contributed by atoms with E-state index in [2.05, 4.69) is 0 Å². The van der Waals surface area contributed by atoms with Crippen LogP contribution in [0.25, 0.3) is 0 Å². The second kappa shape index (κ2) is 9.66. The van der Waals surface area contributed by atoms with Gasteiger partial charge < -0.3 is 19.5 Å². The van der Waals surface area contributed by atoms with Gasteiger partial charge in [-0.25, -0.2) is 0 Å². The summed E-state index contributed by atoms with van der Waals surface area (Å²) in [5.41, 5.74) is 0.124. The summed E-state index contributed by atoms with van der Waals surface area (Å²) in [5, 5.41) is 9.27. The van der Waals surface area contributed by atoms with E-state index in [4.69, 9.17) is 9.47 Å². The van der Waals surface area contributed by atoms with Gasteiger partial charge in [-0.3, -0.25) is 4.79 Å². The molecule has 0 saturated carbocycles. The normalized spacial score (nSPS) is 12.8. The fourth-order valence-electron chi connectivity index (χ4n) is 2.18. The van der Waals surface area contributed by atoms with Crippen molar-refractivity contribution in [3.05, 3.63) is 23.8 Å². The predicted molar refractivity (Wildman–Crippen MR) is 91.6 cm³/mol. The van der Waals surface area contributed by atoms with Gasteiger partial charge in [-0.05, 0) is 39.3 Å². The van der Waals surface area contributed by atoms with Crippen LogP contribution in [0.2, 0.25) is 0 Å². The number of aliphatic hydroxyl groups is 1. The zero-order valence-electron chi connectivity index (χ0n) is 15.5. The van der Waals surface area contributed by atoms with Crippen molar-refractivity contribution in [3.8, 4) is 11.5 Å². The smallest absolute Gasteiger partial charge is 0.416 e. The third-order valence-electron chi connectivity index (χ3n) is 3.46. The molecule has 0 heterocycles. The van der Waals surface area contributed by atoms with E-state index in [0.29, 0.717) is 12.4 Å². The van der Waals surface area contributed by atoms with Crippen molar-refractivity contribution in [1.82, 2.24) is 4.90 Å². The Balaban J connectivity index is 3.10. The molecule has 0 bridgehead atoms. The first-order valence-electron chi connectivity index (χ1n) is 8.57. The number of nitrogens with zero attached hydrogens (tertiary/aromatic N) is 1. The molecular formula is C18H26F3NO4.